The quantitative estimate of drug-likeness (QED) is 0.399. The molecule has 1 aliphatic heterocycles. The van der Waals surface area contributed by atoms with Gasteiger partial charge in [0.2, 0.25) is 0 Å². The van der Waals surface area contributed by atoms with Gasteiger partial charge >= 0.3 is 0 Å². The maximum Gasteiger partial charge on any atom is 0.255 e. The smallest absolute Gasteiger partial charge is 0.255 e. The molecule has 198 valence electrons. The average Bonchev–Trinajstić information content (AvgIpc) is 3.50. The fourth-order valence-electron chi connectivity index (χ4n) is 5.53. The van der Waals surface area contributed by atoms with Gasteiger partial charge in [0.05, 0.1) is 22.9 Å². The molecule has 1 saturated carbocycles. The Labute approximate surface area is 220 Å². The summed E-state index contributed by atoms with van der Waals surface area (Å²) >= 11 is 0. The van der Waals surface area contributed by atoms with Crippen LogP contribution in [-0.4, -0.2) is 56.2 Å². The Morgan fingerprint density at radius 2 is 1.95 bits per heavy atom. The zero-order valence-corrected chi connectivity index (χ0v) is 22.1. The molecular weight excluding hydrogens is 484 g/mol. The fourth-order valence-corrected chi connectivity index (χ4v) is 5.53. The second kappa shape index (κ2) is 8.87. The minimum Gasteiger partial charge on any atom is -0.460 e. The number of aromatic nitrogens is 2. The van der Waals surface area contributed by atoms with Gasteiger partial charge in [-0.1, -0.05) is 0 Å². The normalized spacial score (nSPS) is 19.8. The van der Waals surface area contributed by atoms with Crippen molar-refractivity contribution in [1.29, 1.82) is 0 Å². The highest BCUT2D eigenvalue weighted by Crippen LogP contribution is 2.37. The van der Waals surface area contributed by atoms with Crippen LogP contribution in [0, 0.1) is 20.8 Å². The Kier molecular flexibility index (Phi) is 5.72. The van der Waals surface area contributed by atoms with E-state index in [1.165, 1.54) is 0 Å². The molecular formula is C29H32N4O5. The molecule has 2 fully saturated rings. The fraction of sp³-hybridized carbons (Fsp3) is 0.414. The molecule has 9 heteroatoms. The van der Waals surface area contributed by atoms with Crippen molar-refractivity contribution >= 4 is 28.3 Å². The maximum atomic E-state index is 13.3. The van der Waals surface area contributed by atoms with E-state index in [2.05, 4.69) is 10.4 Å². The molecule has 0 bridgehead atoms. The highest BCUT2D eigenvalue weighted by Gasteiger charge is 2.35. The van der Waals surface area contributed by atoms with Crippen LogP contribution in [0.5, 0.6) is 11.5 Å². The third kappa shape index (κ3) is 4.01. The van der Waals surface area contributed by atoms with Crippen LogP contribution in [-0.2, 0) is 0 Å². The van der Waals surface area contributed by atoms with E-state index in [9.17, 15) is 14.7 Å². The van der Waals surface area contributed by atoms with Gasteiger partial charge in [0, 0.05) is 42.3 Å². The molecule has 1 aliphatic carbocycles. The first-order chi connectivity index (χ1) is 18.1. The Bertz CT molecular complexity index is 1590. The summed E-state index contributed by atoms with van der Waals surface area (Å²) in [5, 5.41) is 18.6. The number of fused-ring (bicyclic) bond motifs is 2. The monoisotopic (exact) mass is 516 g/mol. The molecule has 2 N–H and O–H groups in total. The summed E-state index contributed by atoms with van der Waals surface area (Å²) in [7, 11) is 0. The van der Waals surface area contributed by atoms with E-state index < -0.39 is 5.60 Å². The second-order valence-corrected chi connectivity index (χ2v) is 10.9. The minimum atomic E-state index is -0.868. The van der Waals surface area contributed by atoms with Crippen molar-refractivity contribution in [1.82, 2.24) is 19.8 Å². The van der Waals surface area contributed by atoms with Crippen LogP contribution in [0.1, 0.15) is 70.2 Å². The van der Waals surface area contributed by atoms with Crippen LogP contribution in [0.3, 0.4) is 0 Å². The Hall–Kier alpha value is -3.85. The summed E-state index contributed by atoms with van der Waals surface area (Å²) < 4.78 is 14.1. The van der Waals surface area contributed by atoms with E-state index in [0.717, 1.165) is 35.8 Å². The molecule has 38 heavy (non-hydrogen) atoms. The molecule has 9 nitrogen and oxygen atoms in total. The van der Waals surface area contributed by atoms with Crippen molar-refractivity contribution in [3.05, 3.63) is 58.6 Å². The number of aryl methyl sites for hydroxylation is 3. The number of aliphatic hydroxyl groups is 1. The lowest BCUT2D eigenvalue weighted by Gasteiger charge is -2.26. The van der Waals surface area contributed by atoms with Gasteiger partial charge in [0.1, 0.15) is 22.6 Å². The molecule has 1 atom stereocenters. The van der Waals surface area contributed by atoms with E-state index in [1.54, 1.807) is 34.8 Å². The van der Waals surface area contributed by atoms with Crippen molar-refractivity contribution in [3.63, 3.8) is 0 Å². The predicted octanol–water partition coefficient (Wildman–Crippen LogP) is 4.68. The number of benzene rings is 1. The van der Waals surface area contributed by atoms with E-state index in [1.807, 2.05) is 32.9 Å². The lowest BCUT2D eigenvalue weighted by atomic mass is 9.93. The van der Waals surface area contributed by atoms with Gasteiger partial charge in [-0.15, -0.1) is 0 Å². The molecule has 1 saturated heterocycles. The zero-order valence-electron chi connectivity index (χ0n) is 22.1. The second-order valence-electron chi connectivity index (χ2n) is 10.9. The first-order valence-corrected chi connectivity index (χ1v) is 13.1. The van der Waals surface area contributed by atoms with Crippen molar-refractivity contribution in [2.45, 2.75) is 65.0 Å². The number of ether oxygens (including phenoxy) is 1. The predicted molar refractivity (Wildman–Crippen MR) is 142 cm³/mol. The molecule has 4 aromatic rings. The van der Waals surface area contributed by atoms with Gasteiger partial charge < -0.3 is 24.5 Å². The summed E-state index contributed by atoms with van der Waals surface area (Å²) in [5.74, 6) is 1.49. The van der Waals surface area contributed by atoms with Crippen LogP contribution in [0.4, 0.5) is 0 Å². The molecule has 1 aromatic carbocycles. The molecule has 6 rings (SSSR count). The summed E-state index contributed by atoms with van der Waals surface area (Å²) in [5.41, 5.74) is 3.08. The molecule has 3 aromatic heterocycles. The Morgan fingerprint density at radius 3 is 2.63 bits per heavy atom. The number of carbonyl (C=O) groups is 2. The van der Waals surface area contributed by atoms with E-state index in [4.69, 9.17) is 9.15 Å². The molecule has 0 spiro atoms. The SMILES string of the molecule is Cc1oc2c(C)c(Oc3ccnn4cc(C(=O)N5CC[C@@](C)(O)C5)c(C)c34)ccc2c1C(=O)NC1CCC1. The number of β-amino-alcohol motifs (C(OH)–C–C–N with tert-alkyl or cyclic N) is 1. The summed E-state index contributed by atoms with van der Waals surface area (Å²) in [6.45, 7) is 8.16. The topological polar surface area (TPSA) is 109 Å². The van der Waals surface area contributed by atoms with Crippen molar-refractivity contribution < 1.29 is 23.8 Å². The van der Waals surface area contributed by atoms with Gasteiger partial charge in [0.15, 0.2) is 5.75 Å². The highest BCUT2D eigenvalue weighted by atomic mass is 16.5. The molecule has 2 amide bonds. The minimum absolute atomic E-state index is 0.101. The number of furan rings is 1. The van der Waals surface area contributed by atoms with Gasteiger partial charge in [-0.2, -0.15) is 5.10 Å². The lowest BCUT2D eigenvalue weighted by Crippen LogP contribution is -2.39. The molecule has 2 aliphatic rings. The van der Waals surface area contributed by atoms with Gasteiger partial charge in [-0.05, 0) is 71.1 Å². The first kappa shape index (κ1) is 24.5. The molecule has 0 radical (unpaired) electrons. The summed E-state index contributed by atoms with van der Waals surface area (Å²) in [6.07, 6.45) is 7.08. The van der Waals surface area contributed by atoms with Crippen LogP contribution in [0.15, 0.2) is 35.0 Å². The zero-order chi connectivity index (χ0) is 26.8. The highest BCUT2D eigenvalue weighted by molar-refractivity contribution is 6.08. The van der Waals surface area contributed by atoms with Crippen molar-refractivity contribution in [2.24, 2.45) is 0 Å². The van der Waals surface area contributed by atoms with E-state index in [0.29, 0.717) is 59.0 Å². The van der Waals surface area contributed by atoms with Crippen LogP contribution >= 0.6 is 0 Å². The summed E-state index contributed by atoms with van der Waals surface area (Å²) in [4.78, 5) is 27.9. The number of carbonyl (C=O) groups excluding carboxylic acids is 2. The van der Waals surface area contributed by atoms with Crippen LogP contribution in [0.2, 0.25) is 0 Å². The van der Waals surface area contributed by atoms with Gasteiger partial charge in [0.25, 0.3) is 11.8 Å². The van der Waals surface area contributed by atoms with E-state index >= 15 is 0 Å². The van der Waals surface area contributed by atoms with Crippen LogP contribution < -0.4 is 10.1 Å². The van der Waals surface area contributed by atoms with Gasteiger partial charge in [-0.3, -0.25) is 9.59 Å². The van der Waals surface area contributed by atoms with E-state index in [-0.39, 0.29) is 17.9 Å². The number of nitrogens with one attached hydrogen (secondary N) is 1. The first-order valence-electron chi connectivity index (χ1n) is 13.1. The van der Waals surface area contributed by atoms with Gasteiger partial charge in [-0.25, -0.2) is 4.52 Å². The number of hydrogen-bond acceptors (Lipinski definition) is 6. The van der Waals surface area contributed by atoms with Crippen LogP contribution in [0.25, 0.3) is 16.5 Å². The number of nitrogens with zero attached hydrogens (tertiary/aromatic N) is 3. The third-order valence-corrected chi connectivity index (χ3v) is 7.98. The number of hydrogen-bond donors (Lipinski definition) is 2. The van der Waals surface area contributed by atoms with Crippen molar-refractivity contribution in [3.8, 4) is 11.5 Å². The number of rotatable bonds is 5. The Balaban J connectivity index is 1.33. The lowest BCUT2D eigenvalue weighted by molar-refractivity contribution is 0.0572. The van der Waals surface area contributed by atoms with Crippen molar-refractivity contribution in [2.75, 3.05) is 13.1 Å². The number of likely N-dealkylation sites (tertiary alicyclic amines) is 1. The average molecular weight is 517 g/mol. The third-order valence-electron chi connectivity index (χ3n) is 7.98. The standard InChI is InChI=1S/C29H32N4O5/c1-16-21(28(35)32-13-11-29(4,36)15-32)14-33-25(16)23(10-12-30-33)38-22-9-8-20-24(18(3)37-26(20)17(22)2)27(34)31-19-6-5-7-19/h8-10,12,14,19,36H,5-7,11,13,15H2,1-4H3,(H,31,34)/t29-/m1/s1. The molecule has 0 unspecified atom stereocenters. The largest absolute Gasteiger partial charge is 0.460 e. The summed E-state index contributed by atoms with van der Waals surface area (Å²) in [6, 6.07) is 5.72. The number of amides is 2. The Morgan fingerprint density at radius 1 is 1.16 bits per heavy atom. The maximum absolute atomic E-state index is 13.3. The molecule has 4 heterocycles.